The van der Waals surface area contributed by atoms with Crippen LogP contribution in [0, 0.1) is 18.7 Å². The molecule has 0 radical (unpaired) electrons. The molecule has 0 saturated heterocycles. The lowest BCUT2D eigenvalue weighted by Gasteiger charge is -2.35. The van der Waals surface area contributed by atoms with Gasteiger partial charge in [0.05, 0.1) is 29.0 Å². The SMILES string of the molecule is C=C1OCc2c(cc3n(c2=O)Cc2cc4c(CCCCOCNC(=O)[C@H](C)NC(=O)[C@H](C)NC(=O)[C@H](C)CC(=O)CCCCCN5C(=O)C=CC5=O)c(C)c(F)cc4nc2-3)[C@@]1(O)CC. The molecule has 64 heavy (non-hydrogen) atoms. The average molecular weight is 885 g/mol. The monoisotopic (exact) mass is 884 g/mol. The van der Waals surface area contributed by atoms with Crippen molar-refractivity contribution >= 4 is 46.2 Å². The number of ketones is 1. The zero-order valence-corrected chi connectivity index (χ0v) is 37.1. The van der Waals surface area contributed by atoms with Crippen molar-refractivity contribution in [1.29, 1.82) is 0 Å². The number of aromatic nitrogens is 2. The molecule has 0 fully saturated rings. The van der Waals surface area contributed by atoms with E-state index in [4.69, 9.17) is 14.5 Å². The second kappa shape index (κ2) is 20.2. The quantitative estimate of drug-likeness (QED) is 0.0533. The third-order valence-electron chi connectivity index (χ3n) is 12.3. The van der Waals surface area contributed by atoms with Gasteiger partial charge in [-0.3, -0.25) is 38.5 Å². The number of pyridine rings is 2. The molecule has 0 bridgehead atoms. The van der Waals surface area contributed by atoms with Gasteiger partial charge in [-0.2, -0.15) is 0 Å². The van der Waals surface area contributed by atoms with Crippen molar-refractivity contribution in [2.75, 3.05) is 19.9 Å². The number of hydrogen-bond acceptors (Lipinski definition) is 11. The van der Waals surface area contributed by atoms with Crippen LogP contribution in [0.2, 0.25) is 0 Å². The van der Waals surface area contributed by atoms with E-state index in [0.717, 1.165) is 21.4 Å². The number of nitrogens with one attached hydrogen (secondary N) is 3. The number of halogens is 1. The summed E-state index contributed by atoms with van der Waals surface area (Å²) < 4.78 is 28.2. The van der Waals surface area contributed by atoms with Gasteiger partial charge in [-0.25, -0.2) is 9.37 Å². The molecular weight excluding hydrogens is 828 g/mol. The molecule has 4 atom stereocenters. The second-order valence-corrected chi connectivity index (χ2v) is 16.9. The Morgan fingerprint density at radius 1 is 0.969 bits per heavy atom. The fourth-order valence-corrected chi connectivity index (χ4v) is 8.33. The van der Waals surface area contributed by atoms with Crippen LogP contribution in [0.3, 0.4) is 0 Å². The molecule has 342 valence electrons. The van der Waals surface area contributed by atoms with Crippen LogP contribution in [-0.4, -0.2) is 86.8 Å². The summed E-state index contributed by atoms with van der Waals surface area (Å²) in [5.74, 6) is -3.21. The van der Waals surface area contributed by atoms with E-state index in [1.165, 1.54) is 32.1 Å². The van der Waals surface area contributed by atoms with Crippen molar-refractivity contribution in [3.8, 4) is 11.4 Å². The van der Waals surface area contributed by atoms with Crippen LogP contribution in [0.1, 0.15) is 107 Å². The van der Waals surface area contributed by atoms with Gasteiger partial charge in [0.25, 0.3) is 17.4 Å². The van der Waals surface area contributed by atoms with E-state index < -0.39 is 47.1 Å². The van der Waals surface area contributed by atoms with Crippen molar-refractivity contribution in [3.05, 3.63) is 86.7 Å². The Kier molecular flexibility index (Phi) is 15.0. The number of Topliss-reactive ketones (excluding diaryl/α,β-unsaturated/α-hetero) is 1. The van der Waals surface area contributed by atoms with Gasteiger partial charge in [-0.05, 0) is 82.6 Å². The van der Waals surface area contributed by atoms with Crippen molar-refractivity contribution in [2.24, 2.45) is 5.92 Å². The highest BCUT2D eigenvalue weighted by molar-refractivity contribution is 6.12. The molecule has 0 aliphatic carbocycles. The topological polar surface area (TPSA) is 215 Å². The molecule has 0 spiro atoms. The van der Waals surface area contributed by atoms with Crippen LogP contribution in [0.5, 0.6) is 0 Å². The Labute approximate surface area is 370 Å². The maximum absolute atomic E-state index is 15.3. The first-order chi connectivity index (χ1) is 30.4. The first-order valence-corrected chi connectivity index (χ1v) is 21.9. The molecule has 16 nitrogen and oxygen atoms in total. The van der Waals surface area contributed by atoms with Gasteiger partial charge in [-0.15, -0.1) is 0 Å². The van der Waals surface area contributed by atoms with Gasteiger partial charge in [0.1, 0.15) is 48.4 Å². The number of amides is 5. The van der Waals surface area contributed by atoms with E-state index in [1.807, 2.05) is 6.07 Å². The zero-order chi connectivity index (χ0) is 46.5. The fourth-order valence-electron chi connectivity index (χ4n) is 8.33. The van der Waals surface area contributed by atoms with E-state index in [0.29, 0.717) is 85.3 Å². The Morgan fingerprint density at radius 3 is 2.39 bits per heavy atom. The van der Waals surface area contributed by atoms with Gasteiger partial charge in [0.2, 0.25) is 17.7 Å². The molecule has 4 N–H and O–H groups in total. The van der Waals surface area contributed by atoms with Crippen LogP contribution >= 0.6 is 0 Å². The summed E-state index contributed by atoms with van der Waals surface area (Å²) in [6.45, 7) is 12.7. The van der Waals surface area contributed by atoms with Crippen LogP contribution in [0.25, 0.3) is 22.3 Å². The number of ether oxygens (including phenoxy) is 2. The molecule has 2 aromatic heterocycles. The summed E-state index contributed by atoms with van der Waals surface area (Å²) in [5, 5.41) is 20.0. The summed E-state index contributed by atoms with van der Waals surface area (Å²) >= 11 is 0. The van der Waals surface area contributed by atoms with Crippen LogP contribution in [0.15, 0.2) is 47.5 Å². The summed E-state index contributed by atoms with van der Waals surface area (Å²) in [6, 6.07) is 3.25. The number of carbonyl (C=O) groups excluding carboxylic acids is 6. The minimum Gasteiger partial charge on any atom is -0.490 e. The molecule has 6 rings (SSSR count). The van der Waals surface area contributed by atoms with Crippen molar-refractivity contribution in [2.45, 2.75) is 123 Å². The first-order valence-electron chi connectivity index (χ1n) is 21.9. The molecule has 5 amide bonds. The number of aliphatic hydroxyl groups is 1. The Morgan fingerprint density at radius 2 is 1.67 bits per heavy atom. The predicted octanol–water partition coefficient (Wildman–Crippen LogP) is 4.02. The minimum absolute atomic E-state index is 0.00470. The third-order valence-corrected chi connectivity index (χ3v) is 12.3. The van der Waals surface area contributed by atoms with Crippen molar-refractivity contribution in [1.82, 2.24) is 30.4 Å². The molecule has 17 heteroatoms. The van der Waals surface area contributed by atoms with E-state index in [-0.39, 0.29) is 68.1 Å². The molecular formula is C47H57FN6O10. The van der Waals surface area contributed by atoms with Crippen molar-refractivity contribution in [3.63, 3.8) is 0 Å². The molecule has 3 aliphatic heterocycles. The number of rotatable bonds is 21. The van der Waals surface area contributed by atoms with E-state index in [9.17, 15) is 38.7 Å². The van der Waals surface area contributed by atoms with E-state index in [1.54, 1.807) is 31.4 Å². The Balaban J connectivity index is 0.905. The van der Waals surface area contributed by atoms with Crippen molar-refractivity contribution < 1.29 is 47.7 Å². The maximum Gasteiger partial charge on any atom is 0.258 e. The summed E-state index contributed by atoms with van der Waals surface area (Å²) in [4.78, 5) is 93.5. The van der Waals surface area contributed by atoms with Gasteiger partial charge in [-0.1, -0.05) is 26.8 Å². The highest BCUT2D eigenvalue weighted by Crippen LogP contribution is 2.42. The number of nitrogens with zero attached hydrogens (tertiary/aromatic N) is 3. The van der Waals surface area contributed by atoms with E-state index >= 15 is 4.39 Å². The molecule has 3 aromatic rings. The lowest BCUT2D eigenvalue weighted by Crippen LogP contribution is -2.52. The molecule has 0 unspecified atom stereocenters. The summed E-state index contributed by atoms with van der Waals surface area (Å²) in [7, 11) is 0. The highest BCUT2D eigenvalue weighted by atomic mass is 19.1. The van der Waals surface area contributed by atoms with Gasteiger partial charge in [0.15, 0.2) is 0 Å². The lowest BCUT2D eigenvalue weighted by molar-refractivity contribution is -0.137. The Hall–Kier alpha value is -6.07. The van der Waals surface area contributed by atoms with Gasteiger partial charge in [0, 0.05) is 66.6 Å². The average Bonchev–Trinajstić information content (AvgIpc) is 3.79. The standard InChI is InChI=1S/C47H57FN6O10/c1-7-47(62)30(6)64-24-35-36(47)21-39-42-31(23-54(39)46(35)61)20-34-33(27(3)37(48)22-38(34)52-42)14-10-12-18-63-25-49-44(59)28(4)51-45(60)29(5)50-43(58)26(2)19-32(55)13-9-8-11-17-53-40(56)15-16-41(53)57/h15-16,20-22,26,28-29,62H,6-14,17-19,23-25H2,1-5H3,(H,49,59)(H,50,58)(H,51,60)/t26-,28+,29+,47-/m1/s1. The van der Waals surface area contributed by atoms with Crippen LogP contribution in [-0.2, 0) is 63.4 Å². The Bertz CT molecular complexity index is 2460. The van der Waals surface area contributed by atoms with E-state index in [2.05, 4.69) is 22.5 Å². The van der Waals surface area contributed by atoms with Crippen LogP contribution < -0.4 is 21.5 Å². The number of fused-ring (bicyclic) bond motifs is 5. The van der Waals surface area contributed by atoms with Gasteiger partial charge < -0.3 is 35.1 Å². The zero-order valence-electron chi connectivity index (χ0n) is 37.1. The number of unbranched alkanes of at least 4 members (excludes halogenated alkanes) is 3. The number of imide groups is 1. The molecule has 5 heterocycles. The summed E-state index contributed by atoms with van der Waals surface area (Å²) in [5.41, 5.74) is 2.75. The summed E-state index contributed by atoms with van der Waals surface area (Å²) in [6.07, 6.45) is 6.52. The molecule has 0 saturated carbocycles. The van der Waals surface area contributed by atoms with Crippen LogP contribution in [0.4, 0.5) is 4.39 Å². The number of aryl methyl sites for hydroxylation is 1. The first kappa shape index (κ1) is 47.4. The van der Waals surface area contributed by atoms with Gasteiger partial charge >= 0.3 is 0 Å². The third kappa shape index (κ3) is 10.2. The number of benzene rings is 1. The lowest BCUT2D eigenvalue weighted by atomic mass is 9.84. The largest absolute Gasteiger partial charge is 0.490 e. The smallest absolute Gasteiger partial charge is 0.258 e. The second-order valence-electron chi connectivity index (χ2n) is 16.9. The predicted molar refractivity (Wildman–Crippen MR) is 234 cm³/mol. The highest BCUT2D eigenvalue weighted by Gasteiger charge is 2.41. The minimum atomic E-state index is -1.51. The number of hydrogen-bond donors (Lipinski definition) is 4. The molecule has 3 aliphatic rings. The number of carbonyl (C=O) groups is 6. The molecule has 1 aromatic carbocycles. The normalized spacial score (nSPS) is 17.7. The maximum atomic E-state index is 15.3. The fraction of sp³-hybridized carbons (Fsp3) is 0.489.